The van der Waals surface area contributed by atoms with E-state index in [0.29, 0.717) is 4.96 Å². The van der Waals surface area contributed by atoms with Crippen LogP contribution in [-0.2, 0) is 4.74 Å². The lowest BCUT2D eigenvalue weighted by molar-refractivity contribution is 0.0517. The van der Waals surface area contributed by atoms with E-state index >= 15 is 0 Å². The zero-order chi connectivity index (χ0) is 11.7. The van der Waals surface area contributed by atoms with Gasteiger partial charge in [-0.15, -0.1) is 11.3 Å². The minimum atomic E-state index is -0.485. The van der Waals surface area contributed by atoms with Gasteiger partial charge in [-0.05, 0) is 13.8 Å². The Hall–Kier alpha value is -1.69. The molecule has 0 spiro atoms. The van der Waals surface area contributed by atoms with Crippen LogP contribution in [0.3, 0.4) is 0 Å². The third-order valence-corrected chi connectivity index (χ3v) is 3.05. The quantitative estimate of drug-likeness (QED) is 0.738. The van der Waals surface area contributed by atoms with Gasteiger partial charge >= 0.3 is 5.97 Å². The highest BCUT2D eigenvalue weighted by Crippen LogP contribution is 2.19. The maximum atomic E-state index is 11.7. The van der Waals surface area contributed by atoms with E-state index in [0.717, 1.165) is 4.88 Å². The number of hydrogen-bond donors (Lipinski definition) is 0. The van der Waals surface area contributed by atoms with Crippen molar-refractivity contribution >= 4 is 22.3 Å². The molecule has 0 aromatic carbocycles. The van der Waals surface area contributed by atoms with Crippen molar-refractivity contribution in [2.75, 3.05) is 6.61 Å². The summed E-state index contributed by atoms with van der Waals surface area (Å²) in [5.74, 6) is -0.485. The fraction of sp³-hybridized carbons (Fsp3) is 0.300. The van der Waals surface area contributed by atoms with E-state index < -0.39 is 5.97 Å². The minimum Gasteiger partial charge on any atom is -0.461 e. The third-order valence-electron chi connectivity index (χ3n) is 2.08. The summed E-state index contributed by atoms with van der Waals surface area (Å²) in [6.45, 7) is 3.78. The molecule has 2 aromatic heterocycles. The maximum absolute atomic E-state index is 11.7. The Bertz CT molecular complexity index is 600. The largest absolute Gasteiger partial charge is 0.461 e. The molecule has 84 valence electrons. The average Bonchev–Trinajstić information content (AvgIpc) is 2.56. The molecule has 0 fully saturated rings. The van der Waals surface area contributed by atoms with Crippen LogP contribution in [0.5, 0.6) is 0 Å². The Balaban J connectivity index is 2.73. The third kappa shape index (κ3) is 1.61. The first-order valence-corrected chi connectivity index (χ1v) is 5.61. The van der Waals surface area contributed by atoms with Gasteiger partial charge in [0.05, 0.1) is 6.61 Å². The number of nitrogens with zero attached hydrogens (tertiary/aromatic N) is 2. The number of carbonyl (C=O) groups excluding carboxylic acids is 1. The molecule has 0 bridgehead atoms. The summed E-state index contributed by atoms with van der Waals surface area (Å²) < 4.78 is 6.20. The molecule has 0 aliphatic carbocycles. The van der Waals surface area contributed by atoms with Crippen LogP contribution in [0.2, 0.25) is 0 Å². The predicted octanol–water partition coefficient (Wildman–Crippen LogP) is 1.24. The summed E-state index contributed by atoms with van der Waals surface area (Å²) in [5, 5.41) is 0. The summed E-state index contributed by atoms with van der Waals surface area (Å²) in [7, 11) is 0. The fourth-order valence-electron chi connectivity index (χ4n) is 1.45. The second-order valence-electron chi connectivity index (χ2n) is 3.13. The first kappa shape index (κ1) is 10.8. The standard InChI is InChI=1S/C10H10N2O3S/c1-3-15-9(14)8-6(2)16-10-11-5-4-7(13)12(8)10/h4-5H,3H2,1-2H3. The number of ether oxygens (including phenoxy) is 1. The second kappa shape index (κ2) is 4.05. The molecule has 0 saturated carbocycles. The molecule has 6 heteroatoms. The molecule has 0 aliphatic heterocycles. The van der Waals surface area contributed by atoms with Gasteiger partial charge in [0.2, 0.25) is 0 Å². The number of esters is 1. The number of aryl methyl sites for hydroxylation is 1. The zero-order valence-electron chi connectivity index (χ0n) is 8.89. The van der Waals surface area contributed by atoms with Crippen molar-refractivity contribution in [3.05, 3.63) is 33.2 Å². The van der Waals surface area contributed by atoms with Crippen LogP contribution in [0.4, 0.5) is 0 Å². The van der Waals surface area contributed by atoms with Crippen LogP contribution < -0.4 is 5.56 Å². The van der Waals surface area contributed by atoms with Gasteiger partial charge in [0.1, 0.15) is 5.69 Å². The number of thiazole rings is 1. The molecule has 0 amide bonds. The highest BCUT2D eigenvalue weighted by Gasteiger charge is 2.18. The zero-order valence-corrected chi connectivity index (χ0v) is 9.71. The fourth-order valence-corrected chi connectivity index (χ4v) is 2.38. The van der Waals surface area contributed by atoms with Crippen molar-refractivity contribution in [2.24, 2.45) is 0 Å². The smallest absolute Gasteiger partial charge is 0.356 e. The summed E-state index contributed by atoms with van der Waals surface area (Å²) >= 11 is 1.30. The molecule has 2 heterocycles. The van der Waals surface area contributed by atoms with Crippen LogP contribution in [0.25, 0.3) is 4.96 Å². The van der Waals surface area contributed by atoms with E-state index in [1.807, 2.05) is 0 Å². The van der Waals surface area contributed by atoms with Gasteiger partial charge in [-0.2, -0.15) is 0 Å². The first-order chi connectivity index (χ1) is 7.65. The number of hydrogen-bond acceptors (Lipinski definition) is 5. The molecule has 0 N–H and O–H groups in total. The molecule has 0 unspecified atom stereocenters. The average molecular weight is 238 g/mol. The van der Waals surface area contributed by atoms with Crippen molar-refractivity contribution in [1.82, 2.24) is 9.38 Å². The van der Waals surface area contributed by atoms with E-state index in [1.54, 1.807) is 13.8 Å². The number of fused-ring (bicyclic) bond motifs is 1. The molecule has 0 radical (unpaired) electrons. The Morgan fingerprint density at radius 3 is 3.06 bits per heavy atom. The van der Waals surface area contributed by atoms with Gasteiger partial charge in [-0.3, -0.25) is 4.79 Å². The van der Waals surface area contributed by atoms with Crippen molar-refractivity contribution < 1.29 is 9.53 Å². The van der Waals surface area contributed by atoms with E-state index in [9.17, 15) is 9.59 Å². The van der Waals surface area contributed by atoms with Crippen LogP contribution in [0, 0.1) is 6.92 Å². The lowest BCUT2D eigenvalue weighted by atomic mass is 10.4. The van der Waals surface area contributed by atoms with E-state index in [2.05, 4.69) is 4.98 Å². The minimum absolute atomic E-state index is 0.266. The van der Waals surface area contributed by atoms with Gasteiger partial charge in [0.15, 0.2) is 4.96 Å². The first-order valence-electron chi connectivity index (χ1n) is 4.79. The van der Waals surface area contributed by atoms with Gasteiger partial charge in [0, 0.05) is 17.1 Å². The van der Waals surface area contributed by atoms with E-state index in [4.69, 9.17) is 4.74 Å². The van der Waals surface area contributed by atoms with Crippen LogP contribution in [0.1, 0.15) is 22.3 Å². The molecule has 0 saturated heterocycles. The lowest BCUT2D eigenvalue weighted by Crippen LogP contribution is -2.19. The number of carbonyl (C=O) groups is 1. The van der Waals surface area contributed by atoms with E-state index in [1.165, 1.54) is 28.0 Å². The SMILES string of the molecule is CCOC(=O)c1c(C)sc2nccc(=O)n12. The Kier molecular flexibility index (Phi) is 2.74. The molecular formula is C10H10N2O3S. The lowest BCUT2D eigenvalue weighted by Gasteiger charge is -2.01. The van der Waals surface area contributed by atoms with Crippen LogP contribution >= 0.6 is 11.3 Å². The highest BCUT2D eigenvalue weighted by molar-refractivity contribution is 7.17. The van der Waals surface area contributed by atoms with E-state index in [-0.39, 0.29) is 17.9 Å². The normalized spacial score (nSPS) is 10.6. The number of aromatic nitrogens is 2. The predicted molar refractivity (Wildman–Crippen MR) is 60.0 cm³/mol. The summed E-state index contributed by atoms with van der Waals surface area (Å²) in [6, 6.07) is 1.32. The molecular weight excluding hydrogens is 228 g/mol. The van der Waals surface area contributed by atoms with Crippen LogP contribution in [0.15, 0.2) is 17.1 Å². The van der Waals surface area contributed by atoms with Gasteiger partial charge in [0.25, 0.3) is 5.56 Å². The second-order valence-corrected chi connectivity index (χ2v) is 4.31. The Morgan fingerprint density at radius 2 is 2.38 bits per heavy atom. The van der Waals surface area contributed by atoms with Crippen molar-refractivity contribution in [2.45, 2.75) is 13.8 Å². The van der Waals surface area contributed by atoms with Crippen LogP contribution in [-0.4, -0.2) is 22.0 Å². The molecule has 5 nitrogen and oxygen atoms in total. The van der Waals surface area contributed by atoms with Crippen molar-refractivity contribution in [1.29, 1.82) is 0 Å². The molecule has 16 heavy (non-hydrogen) atoms. The summed E-state index contributed by atoms with van der Waals surface area (Å²) in [5.41, 5.74) is 0.0114. The van der Waals surface area contributed by atoms with Crippen molar-refractivity contribution in [3.63, 3.8) is 0 Å². The van der Waals surface area contributed by atoms with Crippen molar-refractivity contribution in [3.8, 4) is 0 Å². The molecule has 0 aliphatic rings. The summed E-state index contributed by atoms with van der Waals surface area (Å²) in [6.07, 6.45) is 1.43. The summed E-state index contributed by atoms with van der Waals surface area (Å²) in [4.78, 5) is 28.6. The topological polar surface area (TPSA) is 60.7 Å². The molecule has 2 rings (SSSR count). The monoisotopic (exact) mass is 238 g/mol. The Labute approximate surface area is 95.3 Å². The van der Waals surface area contributed by atoms with Gasteiger partial charge in [-0.25, -0.2) is 14.2 Å². The highest BCUT2D eigenvalue weighted by atomic mass is 32.1. The van der Waals surface area contributed by atoms with Gasteiger partial charge in [-0.1, -0.05) is 0 Å². The van der Waals surface area contributed by atoms with Gasteiger partial charge < -0.3 is 4.74 Å². The number of rotatable bonds is 2. The maximum Gasteiger partial charge on any atom is 0.356 e. The molecule has 2 aromatic rings. The molecule has 0 atom stereocenters. The Morgan fingerprint density at radius 1 is 1.62 bits per heavy atom.